The van der Waals surface area contributed by atoms with Crippen molar-refractivity contribution in [3.8, 4) is 5.75 Å². The number of hydrogen-bond donors (Lipinski definition) is 3. The topological polar surface area (TPSA) is 94.2 Å². The maximum absolute atomic E-state index is 7.37. The van der Waals surface area contributed by atoms with Crippen LogP contribution in [0.3, 0.4) is 0 Å². The van der Waals surface area contributed by atoms with Gasteiger partial charge in [0, 0.05) is 24.4 Å². The number of hydrogen-bond acceptors (Lipinski definition) is 5. The maximum Gasteiger partial charge on any atom is 0.143 e. The van der Waals surface area contributed by atoms with Crippen molar-refractivity contribution in [1.29, 1.82) is 10.9 Å². The molecular weight excluding hydrogens is 266 g/mol. The zero-order valence-corrected chi connectivity index (χ0v) is 11.8. The second-order valence-corrected chi connectivity index (χ2v) is 4.46. The quantitative estimate of drug-likeness (QED) is 0.428. The molecule has 0 aliphatic heterocycles. The van der Waals surface area contributed by atoms with E-state index in [9.17, 15) is 0 Å². The molecule has 1 aromatic heterocycles. The molecule has 0 fully saturated rings. The Morgan fingerprint density at radius 1 is 1.33 bits per heavy atom. The Morgan fingerprint density at radius 3 is 2.95 bits per heavy atom. The average molecular weight is 283 g/mol. The van der Waals surface area contributed by atoms with E-state index >= 15 is 0 Å². The number of aryl methyl sites for hydroxylation is 1. The molecule has 0 unspecified atom stereocenters. The van der Waals surface area contributed by atoms with Crippen LogP contribution in [0.2, 0.25) is 0 Å². The molecule has 6 heteroatoms. The standard InChI is InChI=1S/C15H17N5O/c1-21-13-7-8-18-15(10-13)19-12-4-2-3-11(9-12)5-6-14(16)20-17/h2-4,7-10,16-17H,5-6H2,1H3,(H,18,19). The van der Waals surface area contributed by atoms with Crippen LogP contribution in [-0.2, 0) is 6.42 Å². The molecule has 0 aliphatic carbocycles. The van der Waals surface area contributed by atoms with Gasteiger partial charge in [-0.15, -0.1) is 5.11 Å². The molecule has 108 valence electrons. The summed E-state index contributed by atoms with van der Waals surface area (Å²) in [5, 5.41) is 13.7. The van der Waals surface area contributed by atoms with Crippen molar-refractivity contribution in [3.63, 3.8) is 0 Å². The second kappa shape index (κ2) is 7.14. The van der Waals surface area contributed by atoms with Crippen LogP contribution in [0.4, 0.5) is 11.5 Å². The molecule has 6 nitrogen and oxygen atoms in total. The van der Waals surface area contributed by atoms with Gasteiger partial charge in [-0.05, 0) is 30.2 Å². The molecule has 2 rings (SSSR count). The van der Waals surface area contributed by atoms with Gasteiger partial charge < -0.3 is 10.1 Å². The van der Waals surface area contributed by atoms with Crippen LogP contribution in [0.15, 0.2) is 47.7 Å². The molecule has 1 aromatic carbocycles. The van der Waals surface area contributed by atoms with Crippen molar-refractivity contribution in [2.75, 3.05) is 12.4 Å². The Bertz CT molecular complexity index is 641. The predicted octanol–water partition coefficient (Wildman–Crippen LogP) is 3.77. The first kappa shape index (κ1) is 14.6. The van der Waals surface area contributed by atoms with Crippen molar-refractivity contribution in [2.24, 2.45) is 5.11 Å². The number of nitrogens with one attached hydrogen (secondary N) is 3. The summed E-state index contributed by atoms with van der Waals surface area (Å²) in [4.78, 5) is 4.23. The van der Waals surface area contributed by atoms with Crippen LogP contribution in [0.5, 0.6) is 5.75 Å². The Hall–Kier alpha value is -2.76. The number of rotatable bonds is 6. The summed E-state index contributed by atoms with van der Waals surface area (Å²) in [5.74, 6) is 1.54. The van der Waals surface area contributed by atoms with Gasteiger partial charge in [-0.1, -0.05) is 12.1 Å². The summed E-state index contributed by atoms with van der Waals surface area (Å²) in [6.45, 7) is 0. The van der Waals surface area contributed by atoms with Crippen molar-refractivity contribution < 1.29 is 4.74 Å². The fourth-order valence-electron chi connectivity index (χ4n) is 1.88. The van der Waals surface area contributed by atoms with E-state index in [4.69, 9.17) is 15.7 Å². The fraction of sp³-hybridized carbons (Fsp3) is 0.200. The van der Waals surface area contributed by atoms with E-state index in [0.29, 0.717) is 18.7 Å². The SMILES string of the molecule is COc1ccnc(Nc2cccc(CCC(=N)N=N)c2)c1. The van der Waals surface area contributed by atoms with Gasteiger partial charge in [-0.25, -0.2) is 10.5 Å². The first-order valence-corrected chi connectivity index (χ1v) is 6.52. The van der Waals surface area contributed by atoms with Crippen LogP contribution in [0, 0.1) is 10.9 Å². The lowest BCUT2D eigenvalue weighted by Gasteiger charge is -2.08. The first-order chi connectivity index (χ1) is 10.2. The minimum absolute atomic E-state index is 0.0859. The molecule has 0 bridgehead atoms. The summed E-state index contributed by atoms with van der Waals surface area (Å²) in [6, 6.07) is 11.5. The summed E-state index contributed by atoms with van der Waals surface area (Å²) >= 11 is 0. The van der Waals surface area contributed by atoms with Crippen LogP contribution < -0.4 is 10.1 Å². The highest BCUT2D eigenvalue weighted by atomic mass is 16.5. The van der Waals surface area contributed by atoms with E-state index in [1.807, 2.05) is 30.3 Å². The number of anilines is 2. The van der Waals surface area contributed by atoms with Gasteiger partial charge in [0.25, 0.3) is 0 Å². The largest absolute Gasteiger partial charge is 0.497 e. The van der Waals surface area contributed by atoms with Gasteiger partial charge in [0.15, 0.2) is 0 Å². The number of benzene rings is 1. The predicted molar refractivity (Wildman–Crippen MR) is 81.7 cm³/mol. The Kier molecular flexibility index (Phi) is 4.98. The highest BCUT2D eigenvalue weighted by Gasteiger charge is 2.01. The lowest BCUT2D eigenvalue weighted by atomic mass is 10.1. The fourth-order valence-corrected chi connectivity index (χ4v) is 1.88. The van der Waals surface area contributed by atoms with E-state index in [-0.39, 0.29) is 5.84 Å². The molecule has 0 aliphatic rings. The zero-order valence-electron chi connectivity index (χ0n) is 11.8. The van der Waals surface area contributed by atoms with E-state index in [0.717, 1.165) is 17.0 Å². The second-order valence-electron chi connectivity index (χ2n) is 4.46. The van der Waals surface area contributed by atoms with E-state index < -0.39 is 0 Å². The van der Waals surface area contributed by atoms with Crippen molar-refractivity contribution in [1.82, 2.24) is 4.98 Å². The molecule has 0 spiro atoms. The number of pyridine rings is 1. The molecular formula is C15H17N5O. The van der Waals surface area contributed by atoms with E-state index in [2.05, 4.69) is 15.4 Å². The molecule has 21 heavy (non-hydrogen) atoms. The van der Waals surface area contributed by atoms with Crippen molar-refractivity contribution in [3.05, 3.63) is 48.2 Å². The lowest BCUT2D eigenvalue weighted by molar-refractivity contribution is 0.414. The van der Waals surface area contributed by atoms with Gasteiger partial charge in [-0.2, -0.15) is 0 Å². The van der Waals surface area contributed by atoms with Gasteiger partial charge in [0.1, 0.15) is 17.4 Å². The van der Waals surface area contributed by atoms with Crippen molar-refractivity contribution >= 4 is 17.3 Å². The summed E-state index contributed by atoms with van der Waals surface area (Å²) < 4.78 is 5.16. The monoisotopic (exact) mass is 283 g/mol. The highest BCUT2D eigenvalue weighted by Crippen LogP contribution is 2.20. The first-order valence-electron chi connectivity index (χ1n) is 6.52. The number of amidine groups is 1. The molecule has 0 radical (unpaired) electrons. The van der Waals surface area contributed by atoms with Crippen LogP contribution >= 0.6 is 0 Å². The third-order valence-corrected chi connectivity index (χ3v) is 2.95. The van der Waals surface area contributed by atoms with Gasteiger partial charge in [-0.3, -0.25) is 5.41 Å². The van der Waals surface area contributed by atoms with Gasteiger partial charge >= 0.3 is 0 Å². The molecule has 1 heterocycles. The molecule has 2 aromatic rings. The summed E-state index contributed by atoms with van der Waals surface area (Å²) in [5.41, 5.74) is 8.77. The average Bonchev–Trinajstić information content (AvgIpc) is 2.53. The smallest absolute Gasteiger partial charge is 0.143 e. The molecule has 0 atom stereocenters. The Balaban J connectivity index is 2.06. The van der Waals surface area contributed by atoms with Crippen LogP contribution in [0.1, 0.15) is 12.0 Å². The molecule has 0 saturated carbocycles. The van der Waals surface area contributed by atoms with Crippen molar-refractivity contribution in [2.45, 2.75) is 12.8 Å². The molecule has 3 N–H and O–H groups in total. The Morgan fingerprint density at radius 2 is 2.19 bits per heavy atom. The summed E-state index contributed by atoms with van der Waals surface area (Å²) in [7, 11) is 1.62. The lowest BCUT2D eigenvalue weighted by Crippen LogP contribution is -1.97. The third kappa shape index (κ3) is 4.38. The minimum atomic E-state index is 0.0859. The number of methoxy groups -OCH3 is 1. The molecule has 0 amide bonds. The number of ether oxygens (including phenoxy) is 1. The maximum atomic E-state index is 7.37. The van der Waals surface area contributed by atoms with E-state index in [1.165, 1.54) is 0 Å². The zero-order chi connectivity index (χ0) is 15.1. The van der Waals surface area contributed by atoms with Gasteiger partial charge in [0.2, 0.25) is 0 Å². The number of aromatic nitrogens is 1. The molecule has 0 saturated heterocycles. The minimum Gasteiger partial charge on any atom is -0.497 e. The highest BCUT2D eigenvalue weighted by molar-refractivity contribution is 5.79. The van der Waals surface area contributed by atoms with E-state index in [1.54, 1.807) is 19.4 Å². The third-order valence-electron chi connectivity index (χ3n) is 2.95. The normalized spacial score (nSPS) is 9.95. The number of nitrogens with zero attached hydrogens (tertiary/aromatic N) is 2. The van der Waals surface area contributed by atoms with Crippen LogP contribution in [0.25, 0.3) is 0 Å². The van der Waals surface area contributed by atoms with Gasteiger partial charge in [0.05, 0.1) is 7.11 Å². The van der Waals surface area contributed by atoms with Crippen LogP contribution in [-0.4, -0.2) is 17.9 Å². The summed E-state index contributed by atoms with van der Waals surface area (Å²) in [6.07, 6.45) is 2.83. The Labute approximate surface area is 123 Å².